The van der Waals surface area contributed by atoms with Gasteiger partial charge >= 0.3 is 5.97 Å². The molecule has 0 bridgehead atoms. The minimum absolute atomic E-state index is 0.0521. The SMILES string of the molecule is Cc1ccc([N+](=O)[O-])c(C(=O)O)c1S(=O)(=O)NCCN(C)C. The summed E-state index contributed by atoms with van der Waals surface area (Å²) in [6.07, 6.45) is 0. The molecule has 0 fully saturated rings. The summed E-state index contributed by atoms with van der Waals surface area (Å²) in [7, 11) is -0.689. The van der Waals surface area contributed by atoms with Crippen LogP contribution in [0.1, 0.15) is 15.9 Å². The average molecular weight is 331 g/mol. The predicted molar refractivity (Wildman–Crippen MR) is 78.5 cm³/mol. The molecular formula is C12H17N3O6S. The number of hydrogen-bond acceptors (Lipinski definition) is 6. The van der Waals surface area contributed by atoms with Crippen LogP contribution in [0.25, 0.3) is 0 Å². The number of carboxylic acids is 1. The molecule has 10 heteroatoms. The normalized spacial score (nSPS) is 11.6. The zero-order valence-corrected chi connectivity index (χ0v) is 13.2. The quantitative estimate of drug-likeness (QED) is 0.547. The van der Waals surface area contributed by atoms with Crippen molar-refractivity contribution in [2.24, 2.45) is 0 Å². The second-order valence-corrected chi connectivity index (χ2v) is 6.57. The number of hydrogen-bond donors (Lipinski definition) is 2. The molecule has 0 saturated heterocycles. The highest BCUT2D eigenvalue weighted by molar-refractivity contribution is 7.89. The van der Waals surface area contributed by atoms with Gasteiger partial charge < -0.3 is 10.0 Å². The fraction of sp³-hybridized carbons (Fsp3) is 0.417. The molecule has 0 saturated carbocycles. The minimum atomic E-state index is -4.18. The molecule has 0 amide bonds. The Balaban J connectivity index is 3.42. The number of nitro benzene ring substituents is 1. The highest BCUT2D eigenvalue weighted by atomic mass is 32.2. The topological polar surface area (TPSA) is 130 Å². The second kappa shape index (κ2) is 6.81. The number of aryl methyl sites for hydroxylation is 1. The Kier molecular flexibility index (Phi) is 5.58. The first-order valence-corrected chi connectivity index (χ1v) is 7.72. The zero-order valence-electron chi connectivity index (χ0n) is 12.4. The first-order chi connectivity index (χ1) is 10.1. The Hall–Kier alpha value is -2.04. The van der Waals surface area contributed by atoms with Gasteiger partial charge in [-0.15, -0.1) is 0 Å². The van der Waals surface area contributed by atoms with Crippen molar-refractivity contribution in [1.29, 1.82) is 0 Å². The number of carboxylic acid groups (broad SMARTS) is 1. The van der Waals surface area contributed by atoms with Crippen LogP contribution in [0.15, 0.2) is 17.0 Å². The highest BCUT2D eigenvalue weighted by Gasteiger charge is 2.32. The van der Waals surface area contributed by atoms with Crippen molar-refractivity contribution in [2.75, 3.05) is 27.2 Å². The van der Waals surface area contributed by atoms with Gasteiger partial charge in [-0.25, -0.2) is 17.9 Å². The molecule has 0 aliphatic carbocycles. The Labute approximate surface area is 127 Å². The number of rotatable bonds is 7. The van der Waals surface area contributed by atoms with Crippen LogP contribution in [0.2, 0.25) is 0 Å². The molecule has 0 radical (unpaired) electrons. The van der Waals surface area contributed by atoms with Gasteiger partial charge in [-0.3, -0.25) is 10.1 Å². The Morgan fingerprint density at radius 2 is 2.00 bits per heavy atom. The van der Waals surface area contributed by atoms with E-state index in [4.69, 9.17) is 0 Å². The molecular weight excluding hydrogens is 314 g/mol. The molecule has 1 aromatic rings. The third-order valence-corrected chi connectivity index (χ3v) is 4.51. The summed E-state index contributed by atoms with van der Waals surface area (Å²) >= 11 is 0. The van der Waals surface area contributed by atoms with Gasteiger partial charge in [-0.1, -0.05) is 6.07 Å². The van der Waals surface area contributed by atoms with Crippen LogP contribution < -0.4 is 4.72 Å². The summed E-state index contributed by atoms with van der Waals surface area (Å²) in [5.41, 5.74) is -1.46. The molecule has 0 aliphatic heterocycles. The largest absolute Gasteiger partial charge is 0.477 e. The number of likely N-dealkylation sites (N-methyl/N-ethyl adjacent to an activating group) is 1. The fourth-order valence-electron chi connectivity index (χ4n) is 1.86. The Morgan fingerprint density at radius 1 is 1.41 bits per heavy atom. The zero-order chi connectivity index (χ0) is 17.1. The number of benzene rings is 1. The van der Waals surface area contributed by atoms with E-state index in [1.165, 1.54) is 13.0 Å². The van der Waals surface area contributed by atoms with E-state index in [2.05, 4.69) is 4.72 Å². The third kappa shape index (κ3) is 4.00. The second-order valence-electron chi connectivity index (χ2n) is 4.87. The van der Waals surface area contributed by atoms with Gasteiger partial charge in [-0.05, 0) is 26.6 Å². The fourth-order valence-corrected chi connectivity index (χ4v) is 3.31. The summed E-state index contributed by atoms with van der Waals surface area (Å²) in [6.45, 7) is 1.84. The molecule has 1 rings (SSSR count). The van der Waals surface area contributed by atoms with Crippen molar-refractivity contribution < 1.29 is 23.2 Å². The third-order valence-electron chi connectivity index (χ3n) is 2.86. The summed E-state index contributed by atoms with van der Waals surface area (Å²) in [5.74, 6) is -1.66. The maximum atomic E-state index is 12.3. The Morgan fingerprint density at radius 3 is 2.45 bits per heavy atom. The number of nitrogens with one attached hydrogen (secondary N) is 1. The van der Waals surface area contributed by atoms with E-state index in [1.807, 2.05) is 0 Å². The van der Waals surface area contributed by atoms with E-state index in [9.17, 15) is 28.4 Å². The van der Waals surface area contributed by atoms with Crippen LogP contribution in [0.3, 0.4) is 0 Å². The molecule has 0 heterocycles. The highest BCUT2D eigenvalue weighted by Crippen LogP contribution is 2.29. The smallest absolute Gasteiger partial charge is 0.344 e. The van der Waals surface area contributed by atoms with Crippen LogP contribution in [0.5, 0.6) is 0 Å². The molecule has 1 aromatic carbocycles. The van der Waals surface area contributed by atoms with Crippen LogP contribution >= 0.6 is 0 Å². The van der Waals surface area contributed by atoms with Crippen LogP contribution in [-0.2, 0) is 10.0 Å². The first-order valence-electron chi connectivity index (χ1n) is 6.23. The number of nitro groups is 1. The monoisotopic (exact) mass is 331 g/mol. The molecule has 122 valence electrons. The van der Waals surface area contributed by atoms with Gasteiger partial charge in [0, 0.05) is 19.2 Å². The van der Waals surface area contributed by atoms with E-state index in [0.29, 0.717) is 6.54 Å². The molecule has 0 spiro atoms. The first kappa shape index (κ1) is 18.0. The molecule has 22 heavy (non-hydrogen) atoms. The van der Waals surface area contributed by atoms with E-state index in [-0.39, 0.29) is 12.1 Å². The van der Waals surface area contributed by atoms with Crippen molar-refractivity contribution in [3.8, 4) is 0 Å². The van der Waals surface area contributed by atoms with Gasteiger partial charge in [0.15, 0.2) is 5.56 Å². The standard InChI is InChI=1S/C12H17N3O6S/c1-8-4-5-9(15(18)19)10(12(16)17)11(8)22(20,21)13-6-7-14(2)3/h4-5,13H,6-7H2,1-3H3,(H,16,17). The van der Waals surface area contributed by atoms with Crippen molar-refractivity contribution in [1.82, 2.24) is 9.62 Å². The van der Waals surface area contributed by atoms with Crippen molar-refractivity contribution >= 4 is 21.7 Å². The van der Waals surface area contributed by atoms with Crippen LogP contribution in [-0.4, -0.2) is 56.5 Å². The number of nitrogens with zero attached hydrogens (tertiary/aromatic N) is 2. The summed E-state index contributed by atoms with van der Waals surface area (Å²) in [4.78, 5) is 22.5. The van der Waals surface area contributed by atoms with Gasteiger partial charge in [-0.2, -0.15) is 0 Å². The lowest BCUT2D eigenvalue weighted by atomic mass is 10.1. The maximum Gasteiger partial charge on any atom is 0.344 e. The number of aromatic carboxylic acids is 1. The molecule has 0 unspecified atom stereocenters. The minimum Gasteiger partial charge on any atom is -0.477 e. The van der Waals surface area contributed by atoms with Crippen molar-refractivity contribution in [3.63, 3.8) is 0 Å². The molecule has 0 aliphatic rings. The molecule has 2 N–H and O–H groups in total. The van der Waals surface area contributed by atoms with E-state index < -0.39 is 37.1 Å². The summed E-state index contributed by atoms with van der Waals surface area (Å²) < 4.78 is 26.9. The van der Waals surface area contributed by atoms with E-state index >= 15 is 0 Å². The maximum absolute atomic E-state index is 12.3. The summed E-state index contributed by atoms with van der Waals surface area (Å²) in [6, 6.07) is 2.20. The molecule has 0 atom stereocenters. The summed E-state index contributed by atoms with van der Waals surface area (Å²) in [5, 5.41) is 20.1. The lowest BCUT2D eigenvalue weighted by molar-refractivity contribution is -0.385. The lowest BCUT2D eigenvalue weighted by Gasteiger charge is -2.14. The molecule has 9 nitrogen and oxygen atoms in total. The van der Waals surface area contributed by atoms with E-state index in [0.717, 1.165) is 6.07 Å². The van der Waals surface area contributed by atoms with Gasteiger partial charge in [0.1, 0.15) is 4.90 Å². The number of carbonyl (C=O) groups is 1. The van der Waals surface area contributed by atoms with Gasteiger partial charge in [0.25, 0.3) is 5.69 Å². The lowest BCUT2D eigenvalue weighted by Crippen LogP contribution is -2.32. The van der Waals surface area contributed by atoms with Crippen molar-refractivity contribution in [3.05, 3.63) is 33.4 Å². The predicted octanol–water partition coefficient (Wildman–Crippen LogP) is 0.441. The van der Waals surface area contributed by atoms with E-state index in [1.54, 1.807) is 19.0 Å². The van der Waals surface area contributed by atoms with Gasteiger partial charge in [0.2, 0.25) is 10.0 Å². The number of sulfonamides is 1. The van der Waals surface area contributed by atoms with Crippen LogP contribution in [0.4, 0.5) is 5.69 Å². The molecule has 0 aromatic heterocycles. The van der Waals surface area contributed by atoms with Crippen molar-refractivity contribution in [2.45, 2.75) is 11.8 Å². The average Bonchev–Trinajstić information content (AvgIpc) is 2.36. The Bertz CT molecular complexity index is 699. The van der Waals surface area contributed by atoms with Crippen LogP contribution in [0, 0.1) is 17.0 Å². The van der Waals surface area contributed by atoms with Gasteiger partial charge in [0.05, 0.1) is 4.92 Å².